The predicted octanol–water partition coefficient (Wildman–Crippen LogP) is 4.15. The number of benzene rings is 1. The zero-order valence-corrected chi connectivity index (χ0v) is 19.1. The van der Waals surface area contributed by atoms with Crippen molar-refractivity contribution in [3.05, 3.63) is 30.5 Å². The fourth-order valence-electron chi connectivity index (χ4n) is 3.28. The van der Waals surface area contributed by atoms with Crippen molar-refractivity contribution in [3.63, 3.8) is 0 Å². The molecule has 1 aliphatic heterocycles. The van der Waals surface area contributed by atoms with Crippen molar-refractivity contribution in [2.75, 3.05) is 18.4 Å². The largest absolute Gasteiger partial charge is 0.573 e. The van der Waals surface area contributed by atoms with Crippen molar-refractivity contribution in [2.24, 2.45) is 5.92 Å². The molecule has 2 atom stereocenters. The number of carbonyl (C=O) groups excluding carboxylic acids is 2. The molecular formula is C21H25F3N4O4S. The minimum absolute atomic E-state index is 0.290. The van der Waals surface area contributed by atoms with Crippen LogP contribution in [0.5, 0.6) is 5.75 Å². The van der Waals surface area contributed by atoms with Gasteiger partial charge in [-0.25, -0.2) is 9.78 Å². The highest BCUT2D eigenvalue weighted by Gasteiger charge is 2.34. The third-order valence-electron chi connectivity index (χ3n) is 4.61. The molecule has 0 saturated carbocycles. The lowest BCUT2D eigenvalue weighted by atomic mass is 9.92. The summed E-state index contributed by atoms with van der Waals surface area (Å²) in [6.07, 6.45) is -3.37. The Bertz CT molecular complexity index is 990. The SMILES string of the molecule is CC(C)(C)OC(=O)NC1CCNCC1C(=O)Nc1ncc(-c2cccc(OC(F)(F)F)c2)s1. The van der Waals surface area contributed by atoms with Gasteiger partial charge in [-0.05, 0) is 51.4 Å². The van der Waals surface area contributed by atoms with Crippen molar-refractivity contribution >= 4 is 28.5 Å². The summed E-state index contributed by atoms with van der Waals surface area (Å²) in [5.41, 5.74) is -0.187. The van der Waals surface area contributed by atoms with E-state index in [9.17, 15) is 22.8 Å². The van der Waals surface area contributed by atoms with Gasteiger partial charge in [-0.2, -0.15) is 0 Å². The molecule has 1 aliphatic rings. The first-order valence-electron chi connectivity index (χ1n) is 10.2. The Morgan fingerprint density at radius 3 is 2.70 bits per heavy atom. The highest BCUT2D eigenvalue weighted by Crippen LogP contribution is 2.33. The van der Waals surface area contributed by atoms with Crippen LogP contribution >= 0.6 is 11.3 Å². The van der Waals surface area contributed by atoms with E-state index in [2.05, 4.69) is 25.7 Å². The molecular weight excluding hydrogens is 461 g/mol. The number of piperidine rings is 1. The molecule has 2 unspecified atom stereocenters. The first-order chi connectivity index (χ1) is 15.4. The van der Waals surface area contributed by atoms with Gasteiger partial charge in [0.15, 0.2) is 5.13 Å². The van der Waals surface area contributed by atoms with Crippen LogP contribution in [0.25, 0.3) is 10.4 Å². The van der Waals surface area contributed by atoms with Crippen LogP contribution in [0.15, 0.2) is 30.5 Å². The molecule has 180 valence electrons. The third-order valence-corrected chi connectivity index (χ3v) is 5.57. The van der Waals surface area contributed by atoms with Crippen LogP contribution in [-0.2, 0) is 9.53 Å². The Labute approximate surface area is 192 Å². The molecule has 0 aliphatic carbocycles. The fraction of sp³-hybridized carbons (Fsp3) is 0.476. The zero-order chi connectivity index (χ0) is 24.2. The summed E-state index contributed by atoms with van der Waals surface area (Å²) in [5.74, 6) is -1.23. The number of hydrogen-bond donors (Lipinski definition) is 3. The summed E-state index contributed by atoms with van der Waals surface area (Å²) in [6.45, 7) is 6.27. The number of amides is 2. The minimum atomic E-state index is -4.79. The molecule has 1 aromatic carbocycles. The quantitative estimate of drug-likeness (QED) is 0.587. The summed E-state index contributed by atoms with van der Waals surface area (Å²) in [5, 5.41) is 8.92. The molecule has 1 saturated heterocycles. The maximum Gasteiger partial charge on any atom is 0.573 e. The van der Waals surface area contributed by atoms with Crippen molar-refractivity contribution in [1.29, 1.82) is 0 Å². The maximum atomic E-state index is 12.9. The fourth-order valence-corrected chi connectivity index (χ4v) is 4.09. The molecule has 0 bridgehead atoms. The van der Waals surface area contributed by atoms with E-state index in [-0.39, 0.29) is 11.7 Å². The molecule has 8 nitrogen and oxygen atoms in total. The van der Waals surface area contributed by atoms with Crippen molar-refractivity contribution < 1.29 is 32.2 Å². The maximum absolute atomic E-state index is 12.9. The summed E-state index contributed by atoms with van der Waals surface area (Å²) < 4.78 is 46.7. The van der Waals surface area contributed by atoms with Gasteiger partial charge in [-0.1, -0.05) is 23.5 Å². The number of nitrogens with zero attached hydrogens (tertiary/aromatic N) is 1. The second-order valence-corrected chi connectivity index (χ2v) is 9.48. The van der Waals surface area contributed by atoms with E-state index >= 15 is 0 Å². The normalized spacial score (nSPS) is 19.0. The summed E-state index contributed by atoms with van der Waals surface area (Å²) >= 11 is 1.12. The van der Waals surface area contributed by atoms with Gasteiger partial charge >= 0.3 is 12.5 Å². The number of alkyl halides is 3. The topological polar surface area (TPSA) is 102 Å². The Hall–Kier alpha value is -2.86. The number of nitrogens with one attached hydrogen (secondary N) is 3. The lowest BCUT2D eigenvalue weighted by Crippen LogP contribution is -2.54. The van der Waals surface area contributed by atoms with Gasteiger partial charge < -0.3 is 25.4 Å². The number of ether oxygens (including phenoxy) is 2. The number of aromatic nitrogens is 1. The van der Waals surface area contributed by atoms with Gasteiger partial charge in [-0.3, -0.25) is 4.79 Å². The highest BCUT2D eigenvalue weighted by molar-refractivity contribution is 7.19. The highest BCUT2D eigenvalue weighted by atomic mass is 32.1. The van der Waals surface area contributed by atoms with Gasteiger partial charge in [0.25, 0.3) is 0 Å². The number of rotatable bonds is 5. The molecule has 3 N–H and O–H groups in total. The van der Waals surface area contributed by atoms with E-state index in [1.807, 2.05) is 0 Å². The Morgan fingerprint density at radius 1 is 1.24 bits per heavy atom. The van der Waals surface area contributed by atoms with Gasteiger partial charge in [-0.15, -0.1) is 13.2 Å². The second kappa shape index (κ2) is 9.96. The van der Waals surface area contributed by atoms with Crippen LogP contribution in [0.1, 0.15) is 27.2 Å². The molecule has 3 rings (SSSR count). The summed E-state index contributed by atoms with van der Waals surface area (Å²) in [6, 6.07) is 5.09. The average Bonchev–Trinajstić information content (AvgIpc) is 3.14. The Morgan fingerprint density at radius 2 is 2.00 bits per heavy atom. The van der Waals surface area contributed by atoms with Crippen LogP contribution in [-0.4, -0.2) is 48.1 Å². The van der Waals surface area contributed by atoms with Crippen LogP contribution in [0, 0.1) is 5.92 Å². The van der Waals surface area contributed by atoms with Gasteiger partial charge in [0.05, 0.1) is 10.8 Å². The molecule has 1 aromatic heterocycles. The molecule has 1 fully saturated rings. The molecule has 2 aromatic rings. The Balaban J connectivity index is 1.66. The second-order valence-electron chi connectivity index (χ2n) is 8.45. The average molecular weight is 487 g/mol. The third kappa shape index (κ3) is 7.60. The van der Waals surface area contributed by atoms with E-state index in [1.165, 1.54) is 24.4 Å². The van der Waals surface area contributed by atoms with Gasteiger partial charge in [0, 0.05) is 18.8 Å². The summed E-state index contributed by atoms with van der Waals surface area (Å²) in [7, 11) is 0. The predicted molar refractivity (Wildman–Crippen MR) is 117 cm³/mol. The van der Waals surface area contributed by atoms with Crippen LogP contribution in [0.3, 0.4) is 0 Å². The van der Waals surface area contributed by atoms with Gasteiger partial charge in [0.1, 0.15) is 11.4 Å². The number of anilines is 1. The van der Waals surface area contributed by atoms with Crippen molar-refractivity contribution in [3.8, 4) is 16.2 Å². The first kappa shape index (κ1) is 24.8. The number of carbonyl (C=O) groups is 2. The van der Waals surface area contributed by atoms with E-state index < -0.39 is 30.0 Å². The number of halogens is 3. The van der Waals surface area contributed by atoms with E-state index in [0.29, 0.717) is 35.1 Å². The van der Waals surface area contributed by atoms with E-state index in [4.69, 9.17) is 4.74 Å². The zero-order valence-electron chi connectivity index (χ0n) is 18.3. The van der Waals surface area contributed by atoms with E-state index in [0.717, 1.165) is 11.3 Å². The molecule has 0 radical (unpaired) electrons. The minimum Gasteiger partial charge on any atom is -0.444 e. The molecule has 2 heterocycles. The van der Waals surface area contributed by atoms with Crippen LogP contribution in [0.4, 0.5) is 23.1 Å². The smallest absolute Gasteiger partial charge is 0.444 e. The standard InChI is InChI=1S/C21H25F3N4O4S/c1-20(2,3)32-19(30)27-15-7-8-25-10-14(15)17(29)28-18-26-11-16(33-18)12-5-4-6-13(9-12)31-21(22,23)24/h4-6,9,11,14-15,25H,7-8,10H2,1-3H3,(H,27,30)(H,26,28,29). The Kier molecular flexibility index (Phi) is 7.48. The van der Waals surface area contributed by atoms with E-state index in [1.54, 1.807) is 26.8 Å². The van der Waals surface area contributed by atoms with Crippen LogP contribution < -0.4 is 20.7 Å². The molecule has 0 spiro atoms. The van der Waals surface area contributed by atoms with Gasteiger partial charge in [0.2, 0.25) is 5.91 Å². The lowest BCUT2D eigenvalue weighted by molar-refractivity contribution is -0.274. The molecule has 2 amide bonds. The molecule has 33 heavy (non-hydrogen) atoms. The lowest BCUT2D eigenvalue weighted by Gasteiger charge is -2.32. The first-order valence-corrected chi connectivity index (χ1v) is 11.0. The van der Waals surface area contributed by atoms with Crippen molar-refractivity contribution in [1.82, 2.24) is 15.6 Å². The number of hydrogen-bond acceptors (Lipinski definition) is 7. The number of alkyl carbamates (subject to hydrolysis) is 1. The summed E-state index contributed by atoms with van der Waals surface area (Å²) in [4.78, 5) is 29.7. The van der Waals surface area contributed by atoms with Crippen molar-refractivity contribution in [2.45, 2.75) is 45.2 Å². The number of thiazole rings is 1. The molecule has 12 heteroatoms. The monoisotopic (exact) mass is 486 g/mol. The van der Waals surface area contributed by atoms with Crippen LogP contribution in [0.2, 0.25) is 0 Å².